The zero-order valence-electron chi connectivity index (χ0n) is 18.0. The van der Waals surface area contributed by atoms with E-state index < -0.39 is 0 Å². The number of rotatable bonds is 5. The fourth-order valence-electron chi connectivity index (χ4n) is 3.65. The second-order valence-electron chi connectivity index (χ2n) is 7.33. The molecule has 0 aliphatic rings. The second-order valence-corrected chi connectivity index (χ2v) is 8.25. The molecular formula is C25H21BrN4O2. The summed E-state index contributed by atoms with van der Waals surface area (Å²) in [6.07, 6.45) is 6.94. The molecule has 2 aromatic heterocycles. The molecular weight excluding hydrogens is 468 g/mol. The minimum Gasteiger partial charge on any atom is -0.481 e. The number of benzene rings is 2. The third-order valence-corrected chi connectivity index (χ3v) is 5.66. The Kier molecular flexibility index (Phi) is 5.97. The van der Waals surface area contributed by atoms with Crippen molar-refractivity contribution in [2.75, 3.05) is 6.61 Å². The smallest absolute Gasteiger partial charge is 0.282 e. The van der Waals surface area contributed by atoms with Crippen molar-refractivity contribution in [2.24, 2.45) is 5.10 Å². The van der Waals surface area contributed by atoms with E-state index in [4.69, 9.17) is 11.2 Å². The maximum absolute atomic E-state index is 13.0. The molecule has 0 spiro atoms. The predicted molar refractivity (Wildman–Crippen MR) is 131 cm³/mol. The lowest BCUT2D eigenvalue weighted by Gasteiger charge is -2.11. The molecule has 0 bridgehead atoms. The molecule has 4 aromatic rings. The summed E-state index contributed by atoms with van der Waals surface area (Å²) in [7, 11) is 0. The highest BCUT2D eigenvalue weighted by Gasteiger charge is 2.11. The number of nitrogens with zero attached hydrogens (tertiary/aromatic N) is 4. The van der Waals surface area contributed by atoms with Crippen LogP contribution in [0.15, 0.2) is 62.9 Å². The van der Waals surface area contributed by atoms with Crippen molar-refractivity contribution in [1.29, 1.82) is 0 Å². The summed E-state index contributed by atoms with van der Waals surface area (Å²) in [5, 5.41) is 4.98. The normalized spacial score (nSPS) is 11.2. The number of hydrogen-bond acceptors (Lipinski definition) is 4. The van der Waals surface area contributed by atoms with Crippen LogP contribution >= 0.6 is 15.9 Å². The lowest BCUT2D eigenvalue weighted by atomic mass is 10.2. The molecule has 0 saturated carbocycles. The second kappa shape index (κ2) is 8.85. The fraction of sp³-hybridized carbons (Fsp3) is 0.160. The van der Waals surface area contributed by atoms with Crippen LogP contribution in [0.1, 0.15) is 22.8 Å². The molecule has 0 fully saturated rings. The van der Waals surface area contributed by atoms with Gasteiger partial charge in [0.1, 0.15) is 18.2 Å². The van der Waals surface area contributed by atoms with E-state index in [0.717, 1.165) is 32.9 Å². The minimum atomic E-state index is -0.207. The number of terminal acetylenes is 1. The van der Waals surface area contributed by atoms with Crippen LogP contribution in [0.4, 0.5) is 0 Å². The average Bonchev–Trinajstić information content (AvgIpc) is 3.06. The molecule has 7 heteroatoms. The van der Waals surface area contributed by atoms with Gasteiger partial charge in [0.25, 0.3) is 5.56 Å². The van der Waals surface area contributed by atoms with E-state index in [2.05, 4.69) is 36.5 Å². The monoisotopic (exact) mass is 488 g/mol. The molecule has 0 aliphatic heterocycles. The van der Waals surface area contributed by atoms with Gasteiger partial charge in [-0.15, -0.1) is 6.42 Å². The standard InChI is InChI=1S/C25H21BrN4O2/c1-5-12-32-22-9-7-21(8-10-22)29-16(2)13-19(17(29)3)15-27-30-18(4)28-24-11-6-20(26)14-23(24)25(30)31/h1,6-11,13-15H,12H2,2-4H3. The molecule has 0 atom stereocenters. The van der Waals surface area contributed by atoms with Crippen LogP contribution in [0.2, 0.25) is 0 Å². The first-order valence-corrected chi connectivity index (χ1v) is 10.8. The lowest BCUT2D eigenvalue weighted by molar-refractivity contribution is 0.370. The van der Waals surface area contributed by atoms with E-state index >= 15 is 0 Å². The highest BCUT2D eigenvalue weighted by atomic mass is 79.9. The van der Waals surface area contributed by atoms with Crippen LogP contribution in [-0.2, 0) is 0 Å². The van der Waals surface area contributed by atoms with Crippen LogP contribution in [0.25, 0.3) is 16.6 Å². The van der Waals surface area contributed by atoms with E-state index in [-0.39, 0.29) is 12.2 Å². The van der Waals surface area contributed by atoms with Gasteiger partial charge >= 0.3 is 0 Å². The molecule has 0 aliphatic carbocycles. The van der Waals surface area contributed by atoms with Gasteiger partial charge in [-0.2, -0.15) is 9.78 Å². The van der Waals surface area contributed by atoms with E-state index in [1.54, 1.807) is 19.2 Å². The maximum atomic E-state index is 13.0. The predicted octanol–water partition coefficient (Wildman–Crippen LogP) is 4.77. The largest absolute Gasteiger partial charge is 0.481 e. The van der Waals surface area contributed by atoms with E-state index in [0.29, 0.717) is 16.7 Å². The van der Waals surface area contributed by atoms with E-state index in [9.17, 15) is 4.79 Å². The van der Waals surface area contributed by atoms with Gasteiger partial charge in [0.2, 0.25) is 0 Å². The van der Waals surface area contributed by atoms with Crippen LogP contribution in [-0.4, -0.2) is 27.0 Å². The third-order valence-electron chi connectivity index (χ3n) is 5.17. The van der Waals surface area contributed by atoms with Crippen molar-refractivity contribution >= 4 is 33.0 Å². The first-order chi connectivity index (χ1) is 15.4. The van der Waals surface area contributed by atoms with Crippen LogP contribution in [0.5, 0.6) is 5.75 Å². The topological polar surface area (TPSA) is 61.4 Å². The summed E-state index contributed by atoms with van der Waals surface area (Å²) in [5.41, 5.74) is 4.40. The van der Waals surface area contributed by atoms with Crippen molar-refractivity contribution in [3.63, 3.8) is 0 Å². The summed E-state index contributed by atoms with van der Waals surface area (Å²) in [6, 6.07) is 15.2. The Morgan fingerprint density at radius 3 is 2.62 bits per heavy atom. The number of fused-ring (bicyclic) bond motifs is 1. The molecule has 2 aromatic carbocycles. The number of aryl methyl sites for hydroxylation is 2. The molecule has 0 amide bonds. The number of aromatic nitrogens is 3. The molecule has 0 N–H and O–H groups in total. The SMILES string of the molecule is C#CCOc1ccc(-n2c(C)cc(C=Nn3c(C)nc4ccc(Br)cc4c3=O)c2C)cc1. The van der Waals surface area contributed by atoms with Crippen molar-refractivity contribution in [2.45, 2.75) is 20.8 Å². The number of halogens is 1. The first-order valence-electron chi connectivity index (χ1n) is 9.98. The van der Waals surface area contributed by atoms with Crippen LogP contribution in [0, 0.1) is 33.1 Å². The van der Waals surface area contributed by atoms with E-state index in [1.165, 1.54) is 4.68 Å². The third kappa shape index (κ3) is 4.10. The van der Waals surface area contributed by atoms with Crippen LogP contribution < -0.4 is 10.3 Å². The summed E-state index contributed by atoms with van der Waals surface area (Å²) in [5.74, 6) is 3.71. The van der Waals surface area contributed by atoms with Gasteiger partial charge in [0, 0.05) is 27.1 Å². The molecule has 32 heavy (non-hydrogen) atoms. The average molecular weight is 489 g/mol. The zero-order chi connectivity index (χ0) is 22.8. The Hall–Kier alpha value is -3.63. The minimum absolute atomic E-state index is 0.207. The van der Waals surface area contributed by atoms with Gasteiger partial charge in [-0.3, -0.25) is 4.79 Å². The molecule has 0 radical (unpaired) electrons. The quantitative estimate of drug-likeness (QED) is 0.300. The Balaban J connectivity index is 1.70. The molecule has 0 saturated heterocycles. The summed E-state index contributed by atoms with van der Waals surface area (Å²) < 4.78 is 9.73. The van der Waals surface area contributed by atoms with Crippen molar-refractivity contribution < 1.29 is 4.74 Å². The highest BCUT2D eigenvalue weighted by molar-refractivity contribution is 9.10. The fourth-order valence-corrected chi connectivity index (χ4v) is 4.01. The lowest BCUT2D eigenvalue weighted by Crippen LogP contribution is -2.20. The Bertz CT molecular complexity index is 1440. The highest BCUT2D eigenvalue weighted by Crippen LogP contribution is 2.22. The zero-order valence-corrected chi connectivity index (χ0v) is 19.5. The van der Waals surface area contributed by atoms with Crippen molar-refractivity contribution in [3.05, 3.63) is 86.1 Å². The molecule has 2 heterocycles. The summed E-state index contributed by atoms with van der Waals surface area (Å²) >= 11 is 3.41. The van der Waals surface area contributed by atoms with Crippen LogP contribution in [0.3, 0.4) is 0 Å². The number of hydrogen-bond donors (Lipinski definition) is 0. The summed E-state index contributed by atoms with van der Waals surface area (Å²) in [6.45, 7) is 6.05. The molecule has 160 valence electrons. The van der Waals surface area contributed by atoms with Gasteiger partial charge in [0.15, 0.2) is 0 Å². The van der Waals surface area contributed by atoms with Gasteiger partial charge in [0.05, 0.1) is 17.1 Å². The molecule has 4 rings (SSSR count). The van der Waals surface area contributed by atoms with Crippen molar-refractivity contribution in [1.82, 2.24) is 14.2 Å². The van der Waals surface area contributed by atoms with Gasteiger partial charge in [-0.25, -0.2) is 4.98 Å². The Morgan fingerprint density at radius 1 is 1.16 bits per heavy atom. The Morgan fingerprint density at radius 2 is 1.91 bits per heavy atom. The maximum Gasteiger partial charge on any atom is 0.282 e. The number of ether oxygens (including phenoxy) is 1. The molecule has 6 nitrogen and oxygen atoms in total. The summed E-state index contributed by atoms with van der Waals surface area (Å²) in [4.78, 5) is 17.5. The Labute approximate surface area is 194 Å². The first kappa shape index (κ1) is 21.6. The van der Waals surface area contributed by atoms with Gasteiger partial charge in [-0.05, 0) is 69.3 Å². The van der Waals surface area contributed by atoms with Gasteiger partial charge in [-0.1, -0.05) is 21.9 Å². The molecule has 0 unspecified atom stereocenters. The van der Waals surface area contributed by atoms with Crippen molar-refractivity contribution in [3.8, 4) is 23.8 Å². The van der Waals surface area contributed by atoms with Gasteiger partial charge < -0.3 is 9.30 Å². The van der Waals surface area contributed by atoms with E-state index in [1.807, 2.05) is 56.3 Å².